The van der Waals surface area contributed by atoms with Gasteiger partial charge in [-0.2, -0.15) is 0 Å². The lowest BCUT2D eigenvalue weighted by Crippen LogP contribution is -2.46. The molecule has 0 atom stereocenters. The molecule has 0 aliphatic rings. The molecule has 86 valence electrons. The Kier molecular flexibility index (Phi) is 3.98. The molecule has 0 saturated carbocycles. The van der Waals surface area contributed by atoms with Gasteiger partial charge in [0.15, 0.2) is 5.11 Å². The molecule has 0 aliphatic carbocycles. The van der Waals surface area contributed by atoms with Gasteiger partial charge in [0.05, 0.1) is 6.42 Å². The van der Waals surface area contributed by atoms with Crippen molar-refractivity contribution in [2.24, 2.45) is 11.6 Å². The fourth-order valence-corrected chi connectivity index (χ4v) is 1.59. The predicted octanol–water partition coefficient (Wildman–Crippen LogP) is 0.792. The van der Waals surface area contributed by atoms with Crippen molar-refractivity contribution in [3.8, 4) is 0 Å². The van der Waals surface area contributed by atoms with E-state index < -0.39 is 0 Å². The normalized spacial score (nSPS) is 9.94. The third kappa shape index (κ3) is 2.77. The van der Waals surface area contributed by atoms with Crippen molar-refractivity contribution in [1.82, 2.24) is 5.01 Å². The van der Waals surface area contributed by atoms with E-state index in [1.165, 1.54) is 0 Å². The molecule has 1 aromatic rings. The SMILES string of the molecule is Cc1cccc(C)c1CC(=O)N(N)C(N)=S. The Morgan fingerprint density at radius 2 is 1.88 bits per heavy atom. The number of nitrogens with two attached hydrogens (primary N) is 2. The summed E-state index contributed by atoms with van der Waals surface area (Å²) in [6.45, 7) is 3.91. The summed E-state index contributed by atoms with van der Waals surface area (Å²) in [7, 11) is 0. The van der Waals surface area contributed by atoms with Crippen LogP contribution in [0.3, 0.4) is 0 Å². The Labute approximate surface area is 100 Å². The summed E-state index contributed by atoms with van der Waals surface area (Å²) >= 11 is 4.63. The minimum atomic E-state index is -0.301. The summed E-state index contributed by atoms with van der Waals surface area (Å²) in [5.74, 6) is 5.12. The van der Waals surface area contributed by atoms with E-state index in [4.69, 9.17) is 11.6 Å². The summed E-state index contributed by atoms with van der Waals surface area (Å²) in [5.41, 5.74) is 8.37. The Hall–Kier alpha value is -1.46. The molecule has 1 rings (SSSR count). The van der Waals surface area contributed by atoms with Crippen LogP contribution in [-0.4, -0.2) is 16.0 Å². The number of carbonyl (C=O) groups is 1. The van der Waals surface area contributed by atoms with Crippen LogP contribution in [0, 0.1) is 13.8 Å². The molecule has 0 aliphatic heterocycles. The first kappa shape index (κ1) is 12.6. The van der Waals surface area contributed by atoms with Gasteiger partial charge in [-0.25, -0.2) is 10.9 Å². The lowest BCUT2D eigenvalue weighted by atomic mass is 10.00. The third-order valence-corrected chi connectivity index (χ3v) is 2.68. The summed E-state index contributed by atoms with van der Waals surface area (Å²) in [6.07, 6.45) is 0.215. The first-order valence-corrected chi connectivity index (χ1v) is 5.26. The molecule has 0 heterocycles. The van der Waals surface area contributed by atoms with Crippen LogP contribution in [0.2, 0.25) is 0 Å². The van der Waals surface area contributed by atoms with Gasteiger partial charge < -0.3 is 5.73 Å². The molecule has 0 spiro atoms. The van der Waals surface area contributed by atoms with Crippen LogP contribution >= 0.6 is 12.2 Å². The van der Waals surface area contributed by atoms with Crippen LogP contribution in [0.4, 0.5) is 0 Å². The lowest BCUT2D eigenvalue weighted by molar-refractivity contribution is -0.126. The number of rotatable bonds is 2. The van der Waals surface area contributed by atoms with Crippen molar-refractivity contribution in [1.29, 1.82) is 0 Å². The van der Waals surface area contributed by atoms with E-state index in [0.717, 1.165) is 21.7 Å². The Morgan fingerprint density at radius 3 is 2.31 bits per heavy atom. The first-order chi connectivity index (χ1) is 7.43. The smallest absolute Gasteiger partial charge is 0.247 e. The average Bonchev–Trinajstić information content (AvgIpc) is 2.22. The molecule has 1 aromatic carbocycles. The average molecular weight is 237 g/mol. The van der Waals surface area contributed by atoms with Gasteiger partial charge in [-0.3, -0.25) is 4.79 Å². The number of nitrogens with zero attached hydrogens (tertiary/aromatic N) is 1. The van der Waals surface area contributed by atoms with Gasteiger partial charge in [-0.1, -0.05) is 18.2 Å². The highest BCUT2D eigenvalue weighted by Crippen LogP contribution is 2.14. The predicted molar refractivity (Wildman–Crippen MR) is 67.4 cm³/mol. The highest BCUT2D eigenvalue weighted by Gasteiger charge is 2.14. The Morgan fingerprint density at radius 1 is 1.38 bits per heavy atom. The van der Waals surface area contributed by atoms with Gasteiger partial charge in [0.2, 0.25) is 5.91 Å². The third-order valence-electron chi connectivity index (χ3n) is 2.48. The summed E-state index contributed by atoms with van der Waals surface area (Å²) in [6, 6.07) is 5.86. The van der Waals surface area contributed by atoms with Gasteiger partial charge in [0, 0.05) is 0 Å². The number of aryl methyl sites for hydroxylation is 2. The molecular weight excluding hydrogens is 222 g/mol. The molecule has 0 bridgehead atoms. The van der Waals surface area contributed by atoms with Crippen LogP contribution in [0.5, 0.6) is 0 Å². The molecule has 0 fully saturated rings. The van der Waals surface area contributed by atoms with E-state index in [0.29, 0.717) is 0 Å². The molecule has 4 N–H and O–H groups in total. The van der Waals surface area contributed by atoms with Crippen molar-refractivity contribution in [3.05, 3.63) is 34.9 Å². The first-order valence-electron chi connectivity index (χ1n) is 4.85. The Bertz CT molecular complexity index is 411. The van der Waals surface area contributed by atoms with Crippen LogP contribution in [0.25, 0.3) is 0 Å². The number of hydrogen-bond acceptors (Lipinski definition) is 3. The number of benzene rings is 1. The van der Waals surface area contributed by atoms with Crippen molar-refractivity contribution >= 4 is 23.2 Å². The zero-order valence-corrected chi connectivity index (χ0v) is 10.2. The second kappa shape index (κ2) is 5.05. The zero-order chi connectivity index (χ0) is 12.3. The fraction of sp³-hybridized carbons (Fsp3) is 0.273. The highest BCUT2D eigenvalue weighted by atomic mass is 32.1. The number of amides is 1. The standard InChI is InChI=1S/C11H15N3OS/c1-7-4-3-5-8(2)9(7)6-10(15)14(13)11(12)16/h3-5H,6,13H2,1-2H3,(H2,12,16). The molecular formula is C11H15N3OS. The topological polar surface area (TPSA) is 72.3 Å². The monoisotopic (exact) mass is 237 g/mol. The fourth-order valence-electron chi connectivity index (χ4n) is 1.49. The van der Waals surface area contributed by atoms with Crippen LogP contribution in [-0.2, 0) is 11.2 Å². The van der Waals surface area contributed by atoms with Crippen molar-refractivity contribution < 1.29 is 4.79 Å². The summed E-state index contributed by atoms with van der Waals surface area (Å²) < 4.78 is 0. The minimum absolute atomic E-state index is 0.115. The van der Waals surface area contributed by atoms with Gasteiger partial charge in [0.25, 0.3) is 0 Å². The highest BCUT2D eigenvalue weighted by molar-refractivity contribution is 7.80. The van der Waals surface area contributed by atoms with Crippen molar-refractivity contribution in [2.75, 3.05) is 0 Å². The molecule has 0 unspecified atom stereocenters. The Balaban J connectivity index is 2.89. The van der Waals surface area contributed by atoms with Crippen LogP contribution < -0.4 is 11.6 Å². The van der Waals surface area contributed by atoms with E-state index in [2.05, 4.69) is 12.2 Å². The maximum atomic E-state index is 11.7. The lowest BCUT2D eigenvalue weighted by Gasteiger charge is -2.15. The summed E-state index contributed by atoms with van der Waals surface area (Å²) in [5, 5.41) is 0.692. The van der Waals surface area contributed by atoms with Crippen molar-refractivity contribution in [2.45, 2.75) is 20.3 Å². The molecule has 1 amide bonds. The molecule has 0 radical (unpaired) electrons. The zero-order valence-electron chi connectivity index (χ0n) is 9.36. The second-order valence-corrected chi connectivity index (χ2v) is 4.07. The molecule has 5 heteroatoms. The number of carbonyl (C=O) groups excluding carboxylic acids is 1. The maximum Gasteiger partial charge on any atom is 0.247 e. The molecule has 4 nitrogen and oxygen atoms in total. The summed E-state index contributed by atoms with van der Waals surface area (Å²) in [4.78, 5) is 11.7. The molecule has 0 aromatic heterocycles. The number of hydrazine groups is 1. The van der Waals surface area contributed by atoms with E-state index >= 15 is 0 Å². The number of thiocarbonyl (C=S) groups is 1. The number of hydrogen-bond donors (Lipinski definition) is 2. The van der Waals surface area contributed by atoms with E-state index in [1.54, 1.807) is 0 Å². The molecule has 16 heavy (non-hydrogen) atoms. The van der Waals surface area contributed by atoms with E-state index in [1.807, 2.05) is 32.0 Å². The van der Waals surface area contributed by atoms with E-state index in [9.17, 15) is 4.79 Å². The van der Waals surface area contributed by atoms with Crippen LogP contribution in [0.15, 0.2) is 18.2 Å². The van der Waals surface area contributed by atoms with Gasteiger partial charge in [-0.05, 0) is 42.8 Å². The van der Waals surface area contributed by atoms with Crippen LogP contribution in [0.1, 0.15) is 16.7 Å². The van der Waals surface area contributed by atoms with Crippen molar-refractivity contribution in [3.63, 3.8) is 0 Å². The van der Waals surface area contributed by atoms with Gasteiger partial charge in [-0.15, -0.1) is 0 Å². The second-order valence-electron chi connectivity index (χ2n) is 3.65. The quantitative estimate of drug-likeness (QED) is 0.345. The van der Waals surface area contributed by atoms with Gasteiger partial charge in [0.1, 0.15) is 0 Å². The van der Waals surface area contributed by atoms with Gasteiger partial charge >= 0.3 is 0 Å². The minimum Gasteiger partial charge on any atom is -0.375 e. The molecule has 0 saturated heterocycles. The van der Waals surface area contributed by atoms with E-state index in [-0.39, 0.29) is 17.4 Å². The largest absolute Gasteiger partial charge is 0.375 e. The maximum absolute atomic E-state index is 11.7.